The lowest BCUT2D eigenvalue weighted by Crippen LogP contribution is -2.09. The Balaban J connectivity index is 2.75. The van der Waals surface area contributed by atoms with E-state index >= 15 is 0 Å². The molecule has 0 atom stereocenters. The third kappa shape index (κ3) is 2.45. The van der Waals surface area contributed by atoms with E-state index in [0.717, 1.165) is 16.8 Å². The fourth-order valence-corrected chi connectivity index (χ4v) is 1.02. The van der Waals surface area contributed by atoms with Crippen molar-refractivity contribution in [3.8, 4) is 0 Å². The van der Waals surface area contributed by atoms with Crippen molar-refractivity contribution in [1.29, 1.82) is 0 Å². The highest BCUT2D eigenvalue weighted by atomic mass is 16.1. The molecule has 1 aromatic rings. The molecule has 0 bridgehead atoms. The molecule has 1 amide bonds. The highest BCUT2D eigenvalue weighted by Gasteiger charge is 2.06. The molecule has 0 aliphatic rings. The zero-order valence-corrected chi connectivity index (χ0v) is 8.93. The van der Waals surface area contributed by atoms with Gasteiger partial charge in [0, 0.05) is 17.3 Å². The first-order valence-electron chi connectivity index (χ1n) is 4.48. The maximum absolute atomic E-state index is 11.3. The maximum atomic E-state index is 11.3. The number of anilines is 1. The monoisotopic (exact) mass is 193 g/mol. The Morgan fingerprint density at radius 2 is 2.07 bits per heavy atom. The lowest BCUT2D eigenvalue weighted by atomic mass is 10.2. The van der Waals surface area contributed by atoms with Crippen LogP contribution < -0.4 is 5.32 Å². The number of carbonyl (C=O) groups excluding carboxylic acids is 1. The summed E-state index contributed by atoms with van der Waals surface area (Å²) < 4.78 is 0. The van der Waals surface area contributed by atoms with Gasteiger partial charge in [-0.1, -0.05) is 5.57 Å². The van der Waals surface area contributed by atoms with Crippen LogP contribution in [0.2, 0.25) is 0 Å². The molecular formula is C10H15N3O. The first-order chi connectivity index (χ1) is 6.50. The van der Waals surface area contributed by atoms with Crippen molar-refractivity contribution in [3.05, 3.63) is 22.9 Å². The summed E-state index contributed by atoms with van der Waals surface area (Å²) in [4.78, 5) is 11.3. The number of hydrogen-bond donors (Lipinski definition) is 2. The van der Waals surface area contributed by atoms with E-state index in [1.165, 1.54) is 0 Å². The van der Waals surface area contributed by atoms with Crippen molar-refractivity contribution in [2.45, 2.75) is 27.7 Å². The number of rotatable bonds is 2. The third-order valence-electron chi connectivity index (χ3n) is 1.91. The van der Waals surface area contributed by atoms with Crippen LogP contribution >= 0.6 is 0 Å². The van der Waals surface area contributed by atoms with Crippen LogP contribution in [0, 0.1) is 13.8 Å². The lowest BCUT2D eigenvalue weighted by molar-refractivity contribution is -0.112. The van der Waals surface area contributed by atoms with Gasteiger partial charge >= 0.3 is 0 Å². The molecule has 0 fully saturated rings. The van der Waals surface area contributed by atoms with Gasteiger partial charge in [0.15, 0.2) is 5.82 Å². The second-order valence-electron chi connectivity index (χ2n) is 3.53. The van der Waals surface area contributed by atoms with Crippen molar-refractivity contribution in [2.24, 2.45) is 0 Å². The molecule has 0 unspecified atom stereocenters. The second-order valence-corrected chi connectivity index (χ2v) is 3.53. The number of hydrogen-bond acceptors (Lipinski definition) is 2. The molecule has 0 spiro atoms. The van der Waals surface area contributed by atoms with E-state index in [1.54, 1.807) is 6.08 Å². The summed E-state index contributed by atoms with van der Waals surface area (Å²) in [5.74, 6) is 0.463. The summed E-state index contributed by atoms with van der Waals surface area (Å²) in [6.45, 7) is 7.58. The average molecular weight is 193 g/mol. The first-order valence-corrected chi connectivity index (χ1v) is 4.48. The number of nitrogens with one attached hydrogen (secondary N) is 2. The van der Waals surface area contributed by atoms with E-state index in [9.17, 15) is 4.79 Å². The first kappa shape index (κ1) is 10.5. The van der Waals surface area contributed by atoms with E-state index in [-0.39, 0.29) is 5.91 Å². The minimum Gasteiger partial charge on any atom is -0.305 e. The second kappa shape index (κ2) is 4.09. The predicted octanol–water partition coefficient (Wildman–Crippen LogP) is 1.93. The summed E-state index contributed by atoms with van der Waals surface area (Å²) in [5.41, 5.74) is 2.91. The molecule has 14 heavy (non-hydrogen) atoms. The van der Waals surface area contributed by atoms with Crippen LogP contribution in [-0.2, 0) is 4.79 Å². The summed E-state index contributed by atoms with van der Waals surface area (Å²) in [7, 11) is 0. The van der Waals surface area contributed by atoms with Crippen molar-refractivity contribution in [2.75, 3.05) is 5.32 Å². The molecule has 0 saturated heterocycles. The quantitative estimate of drug-likeness (QED) is 0.705. The minimum absolute atomic E-state index is 0.139. The smallest absolute Gasteiger partial charge is 0.249 e. The van der Waals surface area contributed by atoms with Gasteiger partial charge in [0.25, 0.3) is 0 Å². The van der Waals surface area contributed by atoms with Crippen molar-refractivity contribution in [3.63, 3.8) is 0 Å². The third-order valence-corrected chi connectivity index (χ3v) is 1.91. The van der Waals surface area contributed by atoms with Crippen LogP contribution in [0.25, 0.3) is 0 Å². The Hall–Kier alpha value is -1.58. The number of H-pyrrole nitrogens is 1. The van der Waals surface area contributed by atoms with Gasteiger partial charge in [-0.15, -0.1) is 0 Å². The van der Waals surface area contributed by atoms with Gasteiger partial charge in [0.05, 0.1) is 0 Å². The van der Waals surface area contributed by atoms with Gasteiger partial charge < -0.3 is 5.32 Å². The minimum atomic E-state index is -0.139. The van der Waals surface area contributed by atoms with E-state index in [0.29, 0.717) is 5.82 Å². The Morgan fingerprint density at radius 1 is 1.43 bits per heavy atom. The molecule has 0 radical (unpaired) electrons. The number of aryl methyl sites for hydroxylation is 1. The Labute approximate surface area is 83.4 Å². The molecule has 0 saturated carbocycles. The van der Waals surface area contributed by atoms with Crippen LogP contribution in [0.1, 0.15) is 25.1 Å². The predicted molar refractivity (Wildman–Crippen MR) is 56.1 cm³/mol. The van der Waals surface area contributed by atoms with Crippen molar-refractivity contribution >= 4 is 11.7 Å². The fraction of sp³-hybridized carbons (Fsp3) is 0.400. The number of nitrogens with zero attached hydrogens (tertiary/aromatic N) is 1. The highest BCUT2D eigenvalue weighted by molar-refractivity contribution is 5.99. The number of aromatic nitrogens is 2. The van der Waals surface area contributed by atoms with Crippen LogP contribution in [0.15, 0.2) is 11.6 Å². The Kier molecular flexibility index (Phi) is 3.06. The molecule has 1 heterocycles. The van der Waals surface area contributed by atoms with Crippen LogP contribution in [0.5, 0.6) is 0 Å². The van der Waals surface area contributed by atoms with E-state index < -0.39 is 0 Å². The van der Waals surface area contributed by atoms with E-state index in [4.69, 9.17) is 0 Å². The van der Waals surface area contributed by atoms with E-state index in [1.807, 2.05) is 27.7 Å². The lowest BCUT2D eigenvalue weighted by Gasteiger charge is -1.98. The van der Waals surface area contributed by atoms with Gasteiger partial charge in [-0.25, -0.2) is 0 Å². The summed E-state index contributed by atoms with van der Waals surface area (Å²) in [5, 5.41) is 9.49. The number of aromatic amines is 1. The van der Waals surface area contributed by atoms with E-state index in [2.05, 4.69) is 15.5 Å². The zero-order valence-electron chi connectivity index (χ0n) is 8.93. The molecule has 0 aliphatic carbocycles. The van der Waals surface area contributed by atoms with Gasteiger partial charge in [-0.2, -0.15) is 5.10 Å². The van der Waals surface area contributed by atoms with Crippen molar-refractivity contribution < 1.29 is 4.79 Å². The highest BCUT2D eigenvalue weighted by Crippen LogP contribution is 2.13. The van der Waals surface area contributed by atoms with Crippen LogP contribution in [-0.4, -0.2) is 16.1 Å². The Morgan fingerprint density at radius 3 is 2.50 bits per heavy atom. The average Bonchev–Trinajstić information content (AvgIpc) is 2.34. The summed E-state index contributed by atoms with van der Waals surface area (Å²) in [6.07, 6.45) is 1.55. The molecule has 4 heteroatoms. The number of carbonyl (C=O) groups is 1. The number of allylic oxidation sites excluding steroid dienone is 1. The Bertz CT molecular complexity index is 373. The topological polar surface area (TPSA) is 57.8 Å². The summed E-state index contributed by atoms with van der Waals surface area (Å²) >= 11 is 0. The summed E-state index contributed by atoms with van der Waals surface area (Å²) in [6, 6.07) is 0. The zero-order chi connectivity index (χ0) is 10.7. The molecular weight excluding hydrogens is 178 g/mol. The maximum Gasteiger partial charge on any atom is 0.249 e. The number of amides is 1. The van der Waals surface area contributed by atoms with Gasteiger partial charge in [-0.05, 0) is 27.7 Å². The van der Waals surface area contributed by atoms with Crippen LogP contribution in [0.4, 0.5) is 5.82 Å². The van der Waals surface area contributed by atoms with Crippen molar-refractivity contribution in [1.82, 2.24) is 10.2 Å². The van der Waals surface area contributed by atoms with Crippen LogP contribution in [0.3, 0.4) is 0 Å². The SMILES string of the molecule is CC(C)=CC(=O)Nc1n[nH]c(C)c1C. The van der Waals surface area contributed by atoms with Gasteiger partial charge in [-0.3, -0.25) is 9.89 Å². The molecule has 2 N–H and O–H groups in total. The largest absolute Gasteiger partial charge is 0.305 e. The molecule has 1 rings (SSSR count). The molecule has 1 aromatic heterocycles. The van der Waals surface area contributed by atoms with Gasteiger partial charge in [0.1, 0.15) is 0 Å². The molecule has 0 aromatic carbocycles. The van der Waals surface area contributed by atoms with Gasteiger partial charge in [0.2, 0.25) is 5.91 Å². The molecule has 4 nitrogen and oxygen atoms in total. The molecule has 76 valence electrons. The normalized spacial score (nSPS) is 9.71. The fourth-order valence-electron chi connectivity index (χ4n) is 1.02. The molecule has 0 aliphatic heterocycles. The standard InChI is InChI=1S/C10H15N3O/c1-6(2)5-9(14)11-10-7(3)8(4)12-13-10/h5H,1-4H3,(H2,11,12,13,14).